The van der Waals surface area contributed by atoms with E-state index in [1.165, 1.54) is 18.9 Å². The Bertz CT molecular complexity index is 635. The normalized spacial score (nSPS) is 23.2. The predicted octanol–water partition coefficient (Wildman–Crippen LogP) is 2.58. The predicted molar refractivity (Wildman–Crippen MR) is 72.3 cm³/mol. The average Bonchev–Trinajstić information content (AvgIpc) is 2.90. The van der Waals surface area contributed by atoms with Crippen molar-refractivity contribution in [3.8, 4) is 0 Å². The van der Waals surface area contributed by atoms with Gasteiger partial charge < -0.3 is 9.47 Å². The molecule has 1 aromatic rings. The highest BCUT2D eigenvalue weighted by atomic mass is 16.5. The summed E-state index contributed by atoms with van der Waals surface area (Å²) in [5.41, 5.74) is 2.18. The number of hydrogen-bond acceptors (Lipinski definition) is 4. The SMILES string of the molecule is COC(=O)N1c2ccccc2[C@@H]2OC(C)=C(C(C)=O)[C@@H]21. The second kappa shape index (κ2) is 4.37. The van der Waals surface area contributed by atoms with Crippen LogP contribution in [0.4, 0.5) is 10.5 Å². The fourth-order valence-electron chi connectivity index (χ4n) is 3.04. The topological polar surface area (TPSA) is 55.8 Å². The lowest BCUT2D eigenvalue weighted by Crippen LogP contribution is -2.40. The third-order valence-electron chi connectivity index (χ3n) is 3.80. The van der Waals surface area contributed by atoms with E-state index in [1.54, 1.807) is 6.92 Å². The van der Waals surface area contributed by atoms with Crippen LogP contribution in [0.15, 0.2) is 35.6 Å². The van der Waals surface area contributed by atoms with Crippen molar-refractivity contribution in [1.82, 2.24) is 0 Å². The van der Waals surface area contributed by atoms with Crippen molar-refractivity contribution in [2.75, 3.05) is 12.0 Å². The van der Waals surface area contributed by atoms with Crippen molar-refractivity contribution in [3.05, 3.63) is 41.2 Å². The molecule has 2 aliphatic rings. The molecule has 0 aromatic heterocycles. The lowest BCUT2D eigenvalue weighted by Gasteiger charge is -2.23. The maximum absolute atomic E-state index is 12.1. The first-order valence-electron chi connectivity index (χ1n) is 6.40. The molecule has 104 valence electrons. The van der Waals surface area contributed by atoms with E-state index in [0.717, 1.165) is 11.3 Å². The minimum absolute atomic E-state index is 0.0864. The van der Waals surface area contributed by atoms with E-state index in [-0.39, 0.29) is 11.9 Å². The Kier molecular flexibility index (Phi) is 2.78. The molecule has 0 aliphatic carbocycles. The third-order valence-corrected chi connectivity index (χ3v) is 3.80. The van der Waals surface area contributed by atoms with Gasteiger partial charge in [-0.1, -0.05) is 18.2 Å². The Balaban J connectivity index is 2.16. The van der Waals surface area contributed by atoms with Crippen molar-refractivity contribution in [1.29, 1.82) is 0 Å². The monoisotopic (exact) mass is 273 g/mol. The second-order valence-electron chi connectivity index (χ2n) is 4.91. The minimum Gasteiger partial charge on any atom is -0.487 e. The summed E-state index contributed by atoms with van der Waals surface area (Å²) in [6.07, 6.45) is -0.814. The maximum atomic E-state index is 12.1. The summed E-state index contributed by atoms with van der Waals surface area (Å²) in [5.74, 6) is 0.493. The van der Waals surface area contributed by atoms with Crippen LogP contribution in [-0.2, 0) is 14.3 Å². The Morgan fingerprint density at radius 1 is 1.30 bits per heavy atom. The number of para-hydroxylation sites is 1. The molecule has 0 saturated carbocycles. The van der Waals surface area contributed by atoms with Gasteiger partial charge in [-0.3, -0.25) is 9.69 Å². The van der Waals surface area contributed by atoms with Crippen LogP contribution in [0.3, 0.4) is 0 Å². The molecule has 0 bridgehead atoms. The third kappa shape index (κ3) is 1.56. The lowest BCUT2D eigenvalue weighted by molar-refractivity contribution is -0.113. The zero-order valence-electron chi connectivity index (χ0n) is 11.5. The fraction of sp³-hybridized carbons (Fsp3) is 0.333. The largest absolute Gasteiger partial charge is 0.487 e. The summed E-state index contributed by atoms with van der Waals surface area (Å²) in [7, 11) is 1.33. The minimum atomic E-state index is -0.484. The molecule has 0 radical (unpaired) electrons. The molecule has 5 heteroatoms. The Morgan fingerprint density at radius 3 is 2.65 bits per heavy atom. The number of anilines is 1. The molecule has 2 aliphatic heterocycles. The van der Waals surface area contributed by atoms with Crippen LogP contribution < -0.4 is 4.90 Å². The van der Waals surface area contributed by atoms with Gasteiger partial charge in [0.25, 0.3) is 0 Å². The van der Waals surface area contributed by atoms with Gasteiger partial charge in [-0.2, -0.15) is 0 Å². The lowest BCUT2D eigenvalue weighted by atomic mass is 9.99. The number of Topliss-reactive ketones (excluding diaryl/α,β-unsaturated/α-hetero) is 1. The molecule has 0 saturated heterocycles. The van der Waals surface area contributed by atoms with Crippen molar-refractivity contribution >= 4 is 17.6 Å². The number of ether oxygens (including phenoxy) is 2. The van der Waals surface area contributed by atoms with Gasteiger partial charge in [0.1, 0.15) is 11.8 Å². The summed E-state index contributed by atoms with van der Waals surface area (Å²) < 4.78 is 10.7. The van der Waals surface area contributed by atoms with E-state index in [4.69, 9.17) is 9.47 Å². The van der Waals surface area contributed by atoms with Crippen LogP contribution in [0.2, 0.25) is 0 Å². The number of benzene rings is 1. The molecule has 1 aromatic carbocycles. The number of carbonyl (C=O) groups is 2. The maximum Gasteiger partial charge on any atom is 0.414 e. The molecule has 2 heterocycles. The molecule has 5 nitrogen and oxygen atoms in total. The number of rotatable bonds is 1. The van der Waals surface area contributed by atoms with Crippen molar-refractivity contribution in [2.45, 2.75) is 26.0 Å². The summed E-state index contributed by atoms with van der Waals surface area (Å²) in [6, 6.07) is 7.05. The molecule has 20 heavy (non-hydrogen) atoms. The van der Waals surface area contributed by atoms with Crippen LogP contribution in [0.1, 0.15) is 25.5 Å². The number of ketones is 1. The van der Waals surface area contributed by atoms with Crippen LogP contribution in [-0.4, -0.2) is 25.0 Å². The average molecular weight is 273 g/mol. The zero-order chi connectivity index (χ0) is 14.4. The molecule has 2 atom stereocenters. The molecule has 0 fully saturated rings. The molecular formula is C15H15NO4. The van der Waals surface area contributed by atoms with Crippen molar-refractivity contribution in [2.24, 2.45) is 0 Å². The zero-order valence-corrected chi connectivity index (χ0v) is 11.5. The van der Waals surface area contributed by atoms with Gasteiger partial charge in [0.05, 0.1) is 18.4 Å². The van der Waals surface area contributed by atoms with Gasteiger partial charge in [0, 0.05) is 5.56 Å². The van der Waals surface area contributed by atoms with Crippen LogP contribution >= 0.6 is 0 Å². The number of fused-ring (bicyclic) bond motifs is 3. The van der Waals surface area contributed by atoms with Crippen molar-refractivity contribution < 1.29 is 19.1 Å². The molecule has 0 unspecified atom stereocenters. The van der Waals surface area contributed by atoms with Crippen LogP contribution in [0.5, 0.6) is 0 Å². The smallest absolute Gasteiger partial charge is 0.414 e. The van der Waals surface area contributed by atoms with Crippen LogP contribution in [0.25, 0.3) is 0 Å². The number of nitrogens with zero attached hydrogens (tertiary/aromatic N) is 1. The van der Waals surface area contributed by atoms with Gasteiger partial charge in [-0.25, -0.2) is 4.79 Å². The molecule has 3 rings (SSSR count). The first-order valence-corrected chi connectivity index (χ1v) is 6.40. The Morgan fingerprint density at radius 2 is 2.00 bits per heavy atom. The van der Waals surface area contributed by atoms with Gasteiger partial charge in [-0.05, 0) is 19.9 Å². The first kappa shape index (κ1) is 12.7. The first-order chi connectivity index (χ1) is 9.56. The van der Waals surface area contributed by atoms with Gasteiger partial charge >= 0.3 is 6.09 Å². The molecule has 0 spiro atoms. The summed E-state index contributed by atoms with van der Waals surface area (Å²) in [4.78, 5) is 25.5. The van der Waals surface area contributed by atoms with E-state index >= 15 is 0 Å². The number of carbonyl (C=O) groups excluding carboxylic acids is 2. The number of methoxy groups -OCH3 is 1. The van der Waals surface area contributed by atoms with Crippen molar-refractivity contribution in [3.63, 3.8) is 0 Å². The van der Waals surface area contributed by atoms with E-state index in [0.29, 0.717) is 11.3 Å². The number of hydrogen-bond donors (Lipinski definition) is 0. The summed E-state index contributed by atoms with van der Waals surface area (Å²) >= 11 is 0. The molecule has 1 amide bonds. The van der Waals surface area contributed by atoms with Gasteiger partial charge in [0.15, 0.2) is 11.9 Å². The van der Waals surface area contributed by atoms with E-state index in [2.05, 4.69) is 0 Å². The second-order valence-corrected chi connectivity index (χ2v) is 4.91. The summed E-state index contributed by atoms with van der Waals surface area (Å²) in [6.45, 7) is 3.25. The molecular weight excluding hydrogens is 258 g/mol. The van der Waals surface area contributed by atoms with Gasteiger partial charge in [0.2, 0.25) is 0 Å². The van der Waals surface area contributed by atoms with E-state index < -0.39 is 12.1 Å². The quantitative estimate of drug-likeness (QED) is 0.789. The number of allylic oxidation sites excluding steroid dienone is 1. The highest BCUT2D eigenvalue weighted by Gasteiger charge is 2.51. The molecule has 0 N–H and O–H groups in total. The highest BCUT2D eigenvalue weighted by molar-refractivity contribution is 6.01. The van der Waals surface area contributed by atoms with Gasteiger partial charge in [-0.15, -0.1) is 0 Å². The van der Waals surface area contributed by atoms with E-state index in [1.807, 2.05) is 24.3 Å². The fourth-order valence-corrected chi connectivity index (χ4v) is 3.04. The van der Waals surface area contributed by atoms with E-state index in [9.17, 15) is 9.59 Å². The van der Waals surface area contributed by atoms with Crippen LogP contribution in [0, 0.1) is 0 Å². The highest BCUT2D eigenvalue weighted by Crippen LogP contribution is 2.50. The Hall–Kier alpha value is -2.30. The standard InChI is InChI=1S/C15H15NO4/c1-8(17)12-9(2)20-14-10-6-4-5-7-11(10)16(13(12)14)15(18)19-3/h4-7,13-14H,1-3H3/t13-,14-/m0/s1. The Labute approximate surface area is 116 Å². The number of amides is 1. The summed E-state index contributed by atoms with van der Waals surface area (Å²) in [5, 5.41) is 0.